The molecule has 0 bridgehead atoms. The molecule has 1 aromatic carbocycles. The van der Waals surface area contributed by atoms with Gasteiger partial charge >= 0.3 is 0 Å². The lowest BCUT2D eigenvalue weighted by Gasteiger charge is -2.28. The molecule has 3 rings (SSSR count). The first-order chi connectivity index (χ1) is 9.25. The van der Waals surface area contributed by atoms with Crippen LogP contribution in [0.15, 0.2) is 30.5 Å². The second-order valence-corrected chi connectivity index (χ2v) is 4.76. The summed E-state index contributed by atoms with van der Waals surface area (Å²) in [6.07, 6.45) is 1.70. The Bertz CT molecular complexity index is 593. The number of aliphatic hydroxyl groups is 1. The molecule has 100 valence electrons. The third-order valence-electron chi connectivity index (χ3n) is 3.48. The monoisotopic (exact) mass is 260 g/mol. The van der Waals surface area contributed by atoms with Crippen molar-refractivity contribution in [2.75, 3.05) is 13.2 Å². The van der Waals surface area contributed by atoms with E-state index in [1.54, 1.807) is 6.20 Å². The van der Waals surface area contributed by atoms with Crippen LogP contribution in [0.3, 0.4) is 0 Å². The second kappa shape index (κ2) is 5.03. The number of benzene rings is 1. The van der Waals surface area contributed by atoms with E-state index in [0.717, 1.165) is 10.9 Å². The highest BCUT2D eigenvalue weighted by atomic mass is 16.5. The van der Waals surface area contributed by atoms with E-state index in [1.165, 1.54) is 0 Å². The first kappa shape index (κ1) is 12.2. The minimum Gasteiger partial charge on any atom is -0.389 e. The summed E-state index contributed by atoms with van der Waals surface area (Å²) in [4.78, 5) is 15.3. The molecule has 0 spiro atoms. The molecule has 3 N–H and O–H groups in total. The summed E-state index contributed by atoms with van der Waals surface area (Å²) < 4.78 is 5.15. The van der Waals surface area contributed by atoms with E-state index >= 15 is 0 Å². The molecule has 5 heteroatoms. The largest absolute Gasteiger partial charge is 0.389 e. The third-order valence-corrected chi connectivity index (χ3v) is 3.48. The molecule has 1 aromatic heterocycles. The molecule has 19 heavy (non-hydrogen) atoms. The third kappa shape index (κ3) is 2.34. The van der Waals surface area contributed by atoms with Crippen LogP contribution in [0.2, 0.25) is 0 Å². The van der Waals surface area contributed by atoms with Crippen LogP contribution in [0.25, 0.3) is 10.9 Å². The number of amides is 1. The Morgan fingerprint density at radius 3 is 3.11 bits per heavy atom. The number of aromatic amines is 1. The number of aromatic nitrogens is 1. The van der Waals surface area contributed by atoms with Crippen molar-refractivity contribution in [2.45, 2.75) is 18.6 Å². The van der Waals surface area contributed by atoms with Crippen molar-refractivity contribution in [1.29, 1.82) is 0 Å². The molecule has 0 radical (unpaired) electrons. The van der Waals surface area contributed by atoms with Gasteiger partial charge in [-0.25, -0.2) is 0 Å². The second-order valence-electron chi connectivity index (χ2n) is 4.76. The molecule has 1 aliphatic rings. The minimum atomic E-state index is -0.636. The molecule has 1 saturated heterocycles. The van der Waals surface area contributed by atoms with E-state index < -0.39 is 6.10 Å². The Kier molecular flexibility index (Phi) is 3.23. The Balaban J connectivity index is 1.80. The van der Waals surface area contributed by atoms with Gasteiger partial charge in [-0.2, -0.15) is 0 Å². The molecule has 1 fully saturated rings. The average molecular weight is 260 g/mol. The summed E-state index contributed by atoms with van der Waals surface area (Å²) in [6.45, 7) is 0.842. The van der Waals surface area contributed by atoms with Crippen molar-refractivity contribution in [3.05, 3.63) is 36.0 Å². The molecule has 0 aliphatic carbocycles. The highest BCUT2D eigenvalue weighted by Gasteiger charge is 2.26. The van der Waals surface area contributed by atoms with Crippen LogP contribution in [0.5, 0.6) is 0 Å². The number of nitrogens with one attached hydrogen (secondary N) is 2. The van der Waals surface area contributed by atoms with Gasteiger partial charge in [-0.3, -0.25) is 4.79 Å². The predicted octanol–water partition coefficient (Wildman–Crippen LogP) is 1.05. The van der Waals surface area contributed by atoms with Crippen molar-refractivity contribution >= 4 is 16.8 Å². The lowest BCUT2D eigenvalue weighted by atomic mass is 10.1. The maximum Gasteiger partial charge on any atom is 0.253 e. The Morgan fingerprint density at radius 1 is 1.42 bits per heavy atom. The highest BCUT2D eigenvalue weighted by Crippen LogP contribution is 2.18. The van der Waals surface area contributed by atoms with Crippen molar-refractivity contribution in [2.24, 2.45) is 0 Å². The lowest BCUT2D eigenvalue weighted by molar-refractivity contribution is -0.0260. The fourth-order valence-corrected chi connectivity index (χ4v) is 2.40. The molecule has 0 saturated carbocycles. The molecule has 1 amide bonds. The van der Waals surface area contributed by atoms with Crippen molar-refractivity contribution < 1.29 is 14.6 Å². The number of ether oxygens (including phenoxy) is 1. The number of H-pyrrole nitrogens is 1. The average Bonchev–Trinajstić information content (AvgIpc) is 2.85. The smallest absolute Gasteiger partial charge is 0.253 e. The van der Waals surface area contributed by atoms with Crippen LogP contribution < -0.4 is 5.32 Å². The minimum absolute atomic E-state index is 0.164. The highest BCUT2D eigenvalue weighted by molar-refractivity contribution is 6.06. The van der Waals surface area contributed by atoms with Gasteiger partial charge < -0.3 is 20.1 Å². The number of carbonyl (C=O) groups excluding carboxylic acids is 1. The Hall–Kier alpha value is -1.85. The maximum absolute atomic E-state index is 12.3. The molecule has 0 unspecified atom stereocenters. The molecular weight excluding hydrogens is 244 g/mol. The molecule has 2 atom stereocenters. The van der Waals surface area contributed by atoms with E-state index in [0.29, 0.717) is 18.6 Å². The predicted molar refractivity (Wildman–Crippen MR) is 71.0 cm³/mol. The first-order valence-electron chi connectivity index (χ1n) is 6.38. The SMILES string of the molecule is O=C(N[C@@H]1CCOC[C@H]1O)c1c[nH]c2ccccc12. The summed E-state index contributed by atoms with van der Waals surface area (Å²) in [6, 6.07) is 7.41. The zero-order valence-corrected chi connectivity index (χ0v) is 10.4. The van der Waals surface area contributed by atoms with Gasteiger partial charge in [-0.05, 0) is 12.5 Å². The fourth-order valence-electron chi connectivity index (χ4n) is 2.40. The Morgan fingerprint density at radius 2 is 2.26 bits per heavy atom. The van der Waals surface area contributed by atoms with Gasteiger partial charge in [0.15, 0.2) is 0 Å². The summed E-state index contributed by atoms with van der Waals surface area (Å²) in [5.41, 5.74) is 1.54. The number of rotatable bonds is 2. The van der Waals surface area contributed by atoms with Gasteiger partial charge in [-0.1, -0.05) is 18.2 Å². The summed E-state index contributed by atoms with van der Waals surface area (Å²) >= 11 is 0. The Labute approximate surface area is 110 Å². The van der Waals surface area contributed by atoms with Gasteiger partial charge in [0.05, 0.1) is 24.3 Å². The van der Waals surface area contributed by atoms with E-state index in [1.807, 2.05) is 24.3 Å². The van der Waals surface area contributed by atoms with Crippen LogP contribution in [0.1, 0.15) is 16.8 Å². The molecule has 2 heterocycles. The zero-order valence-electron chi connectivity index (χ0n) is 10.4. The van der Waals surface area contributed by atoms with E-state index in [4.69, 9.17) is 4.74 Å². The van der Waals surface area contributed by atoms with Crippen LogP contribution in [0.4, 0.5) is 0 Å². The topological polar surface area (TPSA) is 74.3 Å². The van der Waals surface area contributed by atoms with Gasteiger partial charge in [0, 0.05) is 23.7 Å². The van der Waals surface area contributed by atoms with Crippen molar-refractivity contribution in [3.63, 3.8) is 0 Å². The summed E-state index contributed by atoms with van der Waals surface area (Å²) in [5.74, 6) is -0.164. The van der Waals surface area contributed by atoms with Gasteiger partial charge in [0.2, 0.25) is 0 Å². The lowest BCUT2D eigenvalue weighted by Crippen LogP contribution is -2.48. The summed E-state index contributed by atoms with van der Waals surface area (Å²) in [5, 5.41) is 13.5. The van der Waals surface area contributed by atoms with E-state index in [-0.39, 0.29) is 18.6 Å². The van der Waals surface area contributed by atoms with Crippen molar-refractivity contribution in [3.8, 4) is 0 Å². The number of hydrogen-bond donors (Lipinski definition) is 3. The molecular formula is C14H16N2O3. The van der Waals surface area contributed by atoms with Gasteiger partial charge in [0.25, 0.3) is 5.91 Å². The number of aliphatic hydroxyl groups excluding tert-OH is 1. The zero-order chi connectivity index (χ0) is 13.2. The first-order valence-corrected chi connectivity index (χ1v) is 6.38. The fraction of sp³-hybridized carbons (Fsp3) is 0.357. The maximum atomic E-state index is 12.3. The molecule has 5 nitrogen and oxygen atoms in total. The standard InChI is InChI=1S/C14H16N2O3/c17-13-8-19-6-5-12(13)16-14(18)10-7-15-11-4-2-1-3-9(10)11/h1-4,7,12-13,15,17H,5-6,8H2,(H,16,18)/t12-,13-/m1/s1. The summed E-state index contributed by atoms with van der Waals surface area (Å²) in [7, 11) is 0. The van der Waals surface area contributed by atoms with Crippen molar-refractivity contribution in [1.82, 2.24) is 10.3 Å². The van der Waals surface area contributed by atoms with Crippen LogP contribution >= 0.6 is 0 Å². The number of carbonyl (C=O) groups is 1. The quantitative estimate of drug-likeness (QED) is 0.755. The molecule has 2 aromatic rings. The normalized spacial score (nSPS) is 23.4. The van der Waals surface area contributed by atoms with Crippen LogP contribution in [-0.2, 0) is 4.74 Å². The molecule has 1 aliphatic heterocycles. The number of fused-ring (bicyclic) bond motifs is 1. The van der Waals surface area contributed by atoms with E-state index in [9.17, 15) is 9.90 Å². The van der Waals surface area contributed by atoms with Crippen LogP contribution in [-0.4, -0.2) is 41.4 Å². The number of para-hydroxylation sites is 1. The van der Waals surface area contributed by atoms with Gasteiger partial charge in [-0.15, -0.1) is 0 Å². The van der Waals surface area contributed by atoms with Crippen LogP contribution in [0, 0.1) is 0 Å². The van der Waals surface area contributed by atoms with Gasteiger partial charge in [0.1, 0.15) is 0 Å². The number of hydrogen-bond acceptors (Lipinski definition) is 3. The van der Waals surface area contributed by atoms with E-state index in [2.05, 4.69) is 10.3 Å².